The number of rotatable bonds is 6. The molecule has 54 heavy (non-hydrogen) atoms. The van der Waals surface area contributed by atoms with E-state index in [1.807, 2.05) is 60.7 Å². The summed E-state index contributed by atoms with van der Waals surface area (Å²) in [6.07, 6.45) is 5.67. The first-order valence-electron chi connectivity index (χ1n) is 18.5. The van der Waals surface area contributed by atoms with Gasteiger partial charge in [0.2, 0.25) is 0 Å². The van der Waals surface area contributed by atoms with E-state index in [0.29, 0.717) is 23.4 Å². The van der Waals surface area contributed by atoms with Gasteiger partial charge in [-0.1, -0.05) is 165 Å². The number of aromatic nitrogens is 3. The van der Waals surface area contributed by atoms with Crippen molar-refractivity contribution in [3.05, 3.63) is 181 Å². The lowest BCUT2D eigenvalue weighted by Crippen LogP contribution is -2.04. The summed E-state index contributed by atoms with van der Waals surface area (Å²) >= 11 is 0. The van der Waals surface area contributed by atoms with Crippen LogP contribution in [0.15, 0.2) is 174 Å². The van der Waals surface area contributed by atoms with Crippen LogP contribution in [-0.2, 0) is 0 Å². The van der Waals surface area contributed by atoms with Crippen LogP contribution in [0.25, 0.3) is 95.6 Å². The van der Waals surface area contributed by atoms with Crippen molar-refractivity contribution in [2.24, 2.45) is 0 Å². The Morgan fingerprint density at radius 2 is 1.06 bits per heavy atom. The molecule has 0 spiro atoms. The van der Waals surface area contributed by atoms with E-state index >= 15 is 0 Å². The summed E-state index contributed by atoms with van der Waals surface area (Å²) in [5.41, 5.74) is 14.3. The number of hydrogen-bond donors (Lipinski definition) is 0. The number of hydrogen-bond acceptors (Lipinski definition) is 4. The first-order valence-corrected chi connectivity index (χ1v) is 18.5. The molecule has 0 saturated carbocycles. The summed E-state index contributed by atoms with van der Waals surface area (Å²) in [6, 6.07) is 57.1. The third-order valence-electron chi connectivity index (χ3n) is 10.6. The fourth-order valence-electron chi connectivity index (χ4n) is 7.92. The van der Waals surface area contributed by atoms with E-state index in [4.69, 9.17) is 19.4 Å². The highest BCUT2D eigenvalue weighted by Crippen LogP contribution is 2.43. The van der Waals surface area contributed by atoms with Crippen molar-refractivity contribution in [3.8, 4) is 67.5 Å². The van der Waals surface area contributed by atoms with Crippen LogP contribution in [0.2, 0.25) is 0 Å². The topological polar surface area (TPSA) is 51.8 Å². The second-order valence-corrected chi connectivity index (χ2v) is 14.0. The summed E-state index contributed by atoms with van der Waals surface area (Å²) in [5.74, 6) is 2.23. The number of benzene rings is 7. The number of para-hydroxylation sites is 2. The molecule has 0 bridgehead atoms. The Balaban J connectivity index is 1.04. The van der Waals surface area contributed by atoms with Gasteiger partial charge in [-0.15, -0.1) is 0 Å². The summed E-state index contributed by atoms with van der Waals surface area (Å²) < 4.78 is 6.41. The fraction of sp³-hybridized carbons (Fsp3) is 0.0600. The Morgan fingerprint density at radius 1 is 0.463 bits per heavy atom. The van der Waals surface area contributed by atoms with Gasteiger partial charge in [-0.05, 0) is 75.0 Å². The molecule has 0 N–H and O–H groups in total. The maximum atomic E-state index is 6.41. The molecule has 2 heterocycles. The predicted octanol–water partition coefficient (Wildman–Crippen LogP) is 13.3. The monoisotopic (exact) mass is 693 g/mol. The maximum absolute atomic E-state index is 6.41. The van der Waals surface area contributed by atoms with Gasteiger partial charge in [0.25, 0.3) is 0 Å². The molecule has 0 amide bonds. The van der Waals surface area contributed by atoms with Gasteiger partial charge in [0.15, 0.2) is 17.5 Å². The molecule has 7 aromatic carbocycles. The number of allylic oxidation sites excluding steroid dienone is 1. The molecule has 1 aliphatic rings. The van der Waals surface area contributed by atoms with Crippen molar-refractivity contribution in [1.82, 2.24) is 15.0 Å². The van der Waals surface area contributed by atoms with Crippen molar-refractivity contribution in [2.75, 3.05) is 0 Å². The van der Waals surface area contributed by atoms with E-state index in [9.17, 15) is 0 Å². The normalized spacial score (nSPS) is 13.7. The Kier molecular flexibility index (Phi) is 7.80. The van der Waals surface area contributed by atoms with Gasteiger partial charge in [-0.2, -0.15) is 0 Å². The van der Waals surface area contributed by atoms with E-state index in [0.717, 1.165) is 56.2 Å². The van der Waals surface area contributed by atoms with Crippen molar-refractivity contribution in [1.29, 1.82) is 0 Å². The van der Waals surface area contributed by atoms with Crippen LogP contribution < -0.4 is 0 Å². The molecule has 1 aliphatic carbocycles. The molecule has 256 valence electrons. The Morgan fingerprint density at radius 3 is 1.87 bits per heavy atom. The Labute approximate surface area is 314 Å². The lowest BCUT2D eigenvalue weighted by atomic mass is 9.79. The zero-order chi connectivity index (χ0) is 36.0. The predicted molar refractivity (Wildman–Crippen MR) is 222 cm³/mol. The lowest BCUT2D eigenvalue weighted by molar-refractivity contribution is 0.669. The number of nitrogens with zero attached hydrogens (tertiary/aromatic N) is 3. The number of fused-ring (bicyclic) bond motifs is 4. The third-order valence-corrected chi connectivity index (χ3v) is 10.6. The smallest absolute Gasteiger partial charge is 0.167 e. The maximum Gasteiger partial charge on any atom is 0.167 e. The van der Waals surface area contributed by atoms with Gasteiger partial charge in [0.05, 0.1) is 5.56 Å². The number of furan rings is 1. The van der Waals surface area contributed by atoms with Crippen LogP contribution in [0.3, 0.4) is 0 Å². The van der Waals surface area contributed by atoms with Crippen molar-refractivity contribution in [2.45, 2.75) is 19.3 Å². The SMILES string of the molecule is CC1CC=Cc2c(-c3ccccc3)ccc(-c3ccc(-c4cccc(-c5nc(-c6ccccc6)nc(-c6cccc7c6oc6ccccc67)n5)c4)cc3)c21. The molecular weight excluding hydrogens is 659 g/mol. The van der Waals surface area contributed by atoms with Gasteiger partial charge < -0.3 is 4.42 Å². The average molecular weight is 694 g/mol. The molecule has 0 radical (unpaired) electrons. The van der Waals surface area contributed by atoms with Crippen molar-refractivity contribution >= 4 is 28.0 Å². The molecule has 2 aromatic heterocycles. The molecule has 0 fully saturated rings. The van der Waals surface area contributed by atoms with Crippen LogP contribution in [-0.4, -0.2) is 15.0 Å². The summed E-state index contributed by atoms with van der Waals surface area (Å²) in [4.78, 5) is 15.1. The Hall–Kier alpha value is -6.91. The molecule has 1 atom stereocenters. The minimum absolute atomic E-state index is 0.435. The molecule has 4 nitrogen and oxygen atoms in total. The van der Waals surface area contributed by atoms with Crippen LogP contribution in [0, 0.1) is 0 Å². The summed E-state index contributed by atoms with van der Waals surface area (Å²) in [6.45, 7) is 2.34. The zero-order valence-electron chi connectivity index (χ0n) is 29.8. The van der Waals surface area contributed by atoms with Crippen LogP contribution in [0.1, 0.15) is 30.4 Å². The van der Waals surface area contributed by atoms with E-state index in [1.54, 1.807) is 0 Å². The fourth-order valence-corrected chi connectivity index (χ4v) is 7.92. The highest BCUT2D eigenvalue weighted by Gasteiger charge is 2.22. The van der Waals surface area contributed by atoms with Gasteiger partial charge in [0.1, 0.15) is 11.2 Å². The largest absolute Gasteiger partial charge is 0.455 e. The van der Waals surface area contributed by atoms with Crippen LogP contribution in [0.5, 0.6) is 0 Å². The second-order valence-electron chi connectivity index (χ2n) is 14.0. The summed E-state index contributed by atoms with van der Waals surface area (Å²) in [5, 5.41) is 2.11. The average Bonchev–Trinajstić information content (AvgIpc) is 3.63. The minimum atomic E-state index is 0.435. The van der Waals surface area contributed by atoms with Gasteiger partial charge in [-0.3, -0.25) is 0 Å². The van der Waals surface area contributed by atoms with Crippen LogP contribution in [0.4, 0.5) is 0 Å². The highest BCUT2D eigenvalue weighted by atomic mass is 16.3. The Bertz CT molecular complexity index is 2850. The molecule has 10 rings (SSSR count). The first kappa shape index (κ1) is 31.8. The molecular formula is C50H35N3O. The van der Waals surface area contributed by atoms with Gasteiger partial charge in [-0.25, -0.2) is 15.0 Å². The minimum Gasteiger partial charge on any atom is -0.455 e. The lowest BCUT2D eigenvalue weighted by Gasteiger charge is -2.25. The van der Waals surface area contributed by atoms with E-state index < -0.39 is 0 Å². The van der Waals surface area contributed by atoms with Gasteiger partial charge >= 0.3 is 0 Å². The quantitative estimate of drug-likeness (QED) is 0.174. The van der Waals surface area contributed by atoms with Gasteiger partial charge in [0, 0.05) is 21.9 Å². The molecule has 1 unspecified atom stereocenters. The van der Waals surface area contributed by atoms with Crippen molar-refractivity contribution in [3.63, 3.8) is 0 Å². The van der Waals surface area contributed by atoms with E-state index in [2.05, 4.69) is 122 Å². The molecule has 9 aromatic rings. The van der Waals surface area contributed by atoms with E-state index in [-0.39, 0.29) is 0 Å². The molecule has 0 aliphatic heterocycles. The zero-order valence-corrected chi connectivity index (χ0v) is 29.8. The molecule has 0 saturated heterocycles. The third kappa shape index (κ3) is 5.60. The first-order chi connectivity index (χ1) is 26.7. The van der Waals surface area contributed by atoms with Crippen molar-refractivity contribution < 1.29 is 4.42 Å². The standard InChI is InChI=1S/C50H35N3O/c1-32-13-10-21-42-39(34-14-4-2-5-15-34)29-30-40(46(32)42)35-27-25-33(26-28-35)37-18-11-19-38(31-37)49-51-48(36-16-6-3-7-17-36)52-50(53-49)44-23-12-22-43-41-20-8-9-24-45(41)54-47(43)44/h2-12,14-32H,13H2,1H3. The second kappa shape index (κ2) is 13.3. The highest BCUT2D eigenvalue weighted by molar-refractivity contribution is 6.09. The summed E-state index contributed by atoms with van der Waals surface area (Å²) in [7, 11) is 0. The molecule has 4 heteroatoms. The van der Waals surface area contributed by atoms with Crippen LogP contribution >= 0.6 is 0 Å². The van der Waals surface area contributed by atoms with E-state index in [1.165, 1.54) is 33.4 Å².